The zero-order chi connectivity index (χ0) is 21.5. The zero-order valence-corrected chi connectivity index (χ0v) is 18.9. The summed E-state index contributed by atoms with van der Waals surface area (Å²) in [6.07, 6.45) is 4.56. The highest BCUT2D eigenvalue weighted by atomic mass is 32.2. The number of hydrogen-bond acceptors (Lipinski definition) is 5. The first-order valence-electron chi connectivity index (χ1n) is 10.6. The second-order valence-corrected chi connectivity index (χ2v) is 10.6. The van der Waals surface area contributed by atoms with Crippen LogP contribution in [0.4, 0.5) is 0 Å². The van der Waals surface area contributed by atoms with Crippen molar-refractivity contribution in [2.45, 2.75) is 33.2 Å². The van der Waals surface area contributed by atoms with E-state index in [1.165, 1.54) is 21.8 Å². The fourth-order valence-corrected chi connectivity index (χ4v) is 5.41. The first-order chi connectivity index (χ1) is 14.2. The molecule has 4 heterocycles. The van der Waals surface area contributed by atoms with E-state index in [0.717, 1.165) is 44.1 Å². The first kappa shape index (κ1) is 21.3. The van der Waals surface area contributed by atoms with Crippen LogP contribution in [0, 0.1) is 19.8 Å². The topological polar surface area (TPSA) is 78.2 Å². The number of amides is 1. The van der Waals surface area contributed by atoms with Gasteiger partial charge in [-0.2, -0.15) is 0 Å². The Morgan fingerprint density at radius 3 is 2.40 bits per heavy atom. The molecule has 2 aromatic rings. The van der Waals surface area contributed by atoms with Crippen molar-refractivity contribution in [2.24, 2.45) is 5.92 Å². The van der Waals surface area contributed by atoms with Gasteiger partial charge >= 0.3 is 0 Å². The summed E-state index contributed by atoms with van der Waals surface area (Å²) in [5.74, 6) is 0.128. The molecule has 1 amide bonds. The van der Waals surface area contributed by atoms with E-state index < -0.39 is 10.0 Å². The lowest BCUT2D eigenvalue weighted by Crippen LogP contribution is -2.51. The summed E-state index contributed by atoms with van der Waals surface area (Å²) in [5.41, 5.74) is 4.44. The molecule has 0 N–H and O–H groups in total. The van der Waals surface area contributed by atoms with Gasteiger partial charge in [0.2, 0.25) is 15.9 Å². The minimum atomic E-state index is -3.16. The maximum atomic E-state index is 12.9. The number of sulfonamides is 1. The smallest absolute Gasteiger partial charge is 0.225 e. The molecule has 0 saturated carbocycles. The monoisotopic (exact) mass is 433 g/mol. The standard InChI is InChI=1S/C21H31N5O3S/c1-16-4-9-26-19(17(2)22-20(26)14-16)15-23-10-12-24(13-11-23)21(27)18-5-7-25(8-6-18)30(3,28)29/h4,9,14,18H,5-8,10-13,15H2,1-3H3. The molecule has 4 rings (SSSR count). The first-order valence-corrected chi connectivity index (χ1v) is 12.5. The van der Waals surface area contributed by atoms with Crippen molar-refractivity contribution in [1.29, 1.82) is 0 Å². The third-order valence-corrected chi connectivity index (χ3v) is 7.71. The number of hydrogen-bond donors (Lipinski definition) is 0. The molecule has 9 heteroatoms. The van der Waals surface area contributed by atoms with Gasteiger partial charge in [-0.15, -0.1) is 0 Å². The number of rotatable bonds is 4. The Hall–Kier alpha value is -1.97. The molecule has 0 spiro atoms. The van der Waals surface area contributed by atoms with E-state index in [9.17, 15) is 13.2 Å². The number of imidazole rings is 1. The molecule has 2 saturated heterocycles. The number of fused-ring (bicyclic) bond motifs is 1. The van der Waals surface area contributed by atoms with Crippen molar-refractivity contribution < 1.29 is 13.2 Å². The fraction of sp³-hybridized carbons (Fsp3) is 0.619. The lowest BCUT2D eigenvalue weighted by molar-refractivity contribution is -0.138. The molecule has 8 nitrogen and oxygen atoms in total. The molecule has 30 heavy (non-hydrogen) atoms. The Bertz CT molecular complexity index is 1030. The Kier molecular flexibility index (Phi) is 5.87. The molecule has 2 aliphatic heterocycles. The average Bonchev–Trinajstić information content (AvgIpc) is 3.01. The quantitative estimate of drug-likeness (QED) is 0.726. The van der Waals surface area contributed by atoms with E-state index in [4.69, 9.17) is 4.98 Å². The van der Waals surface area contributed by atoms with Crippen LogP contribution in [0.3, 0.4) is 0 Å². The van der Waals surface area contributed by atoms with Gasteiger partial charge < -0.3 is 9.30 Å². The van der Waals surface area contributed by atoms with Gasteiger partial charge in [0.1, 0.15) is 5.65 Å². The molecule has 0 unspecified atom stereocenters. The molecule has 0 atom stereocenters. The van der Waals surface area contributed by atoms with Crippen LogP contribution < -0.4 is 0 Å². The van der Waals surface area contributed by atoms with Gasteiger partial charge in [-0.25, -0.2) is 17.7 Å². The molecular formula is C21H31N5O3S. The van der Waals surface area contributed by atoms with Crippen molar-refractivity contribution >= 4 is 21.6 Å². The maximum Gasteiger partial charge on any atom is 0.225 e. The van der Waals surface area contributed by atoms with Gasteiger partial charge in [0, 0.05) is 57.9 Å². The van der Waals surface area contributed by atoms with Crippen LogP contribution in [0.15, 0.2) is 18.3 Å². The Balaban J connectivity index is 1.32. The van der Waals surface area contributed by atoms with Crippen molar-refractivity contribution in [3.8, 4) is 0 Å². The predicted molar refractivity (Wildman–Crippen MR) is 116 cm³/mol. The van der Waals surface area contributed by atoms with Crippen LogP contribution in [0.5, 0.6) is 0 Å². The van der Waals surface area contributed by atoms with Gasteiger partial charge in [-0.3, -0.25) is 9.69 Å². The molecule has 2 aliphatic rings. The second-order valence-electron chi connectivity index (χ2n) is 8.61. The number of pyridine rings is 1. The van der Waals surface area contributed by atoms with Crippen LogP contribution in [0.1, 0.15) is 29.8 Å². The van der Waals surface area contributed by atoms with E-state index >= 15 is 0 Å². The van der Waals surface area contributed by atoms with Gasteiger partial charge in [0.15, 0.2) is 0 Å². The number of aromatic nitrogens is 2. The van der Waals surface area contributed by atoms with Crippen LogP contribution in [0.25, 0.3) is 5.65 Å². The van der Waals surface area contributed by atoms with E-state index in [2.05, 4.69) is 41.5 Å². The molecular weight excluding hydrogens is 402 g/mol. The third kappa shape index (κ3) is 4.38. The van der Waals surface area contributed by atoms with Gasteiger partial charge in [0.05, 0.1) is 17.6 Å². The van der Waals surface area contributed by atoms with Crippen molar-refractivity contribution in [3.63, 3.8) is 0 Å². The SMILES string of the molecule is Cc1ccn2c(CN3CCN(C(=O)C4CCN(S(C)(=O)=O)CC4)CC3)c(C)nc2c1. The minimum Gasteiger partial charge on any atom is -0.340 e. The summed E-state index contributed by atoms with van der Waals surface area (Å²) >= 11 is 0. The highest BCUT2D eigenvalue weighted by Crippen LogP contribution is 2.23. The normalized spacial score (nSPS) is 20.2. The highest BCUT2D eigenvalue weighted by Gasteiger charge is 2.32. The van der Waals surface area contributed by atoms with E-state index in [-0.39, 0.29) is 11.8 Å². The molecule has 0 aromatic carbocycles. The summed E-state index contributed by atoms with van der Waals surface area (Å²) in [6, 6.07) is 4.20. The third-order valence-electron chi connectivity index (χ3n) is 6.41. The number of aryl methyl sites for hydroxylation is 2. The number of nitrogens with zero attached hydrogens (tertiary/aromatic N) is 5. The van der Waals surface area contributed by atoms with E-state index in [0.29, 0.717) is 25.9 Å². The summed E-state index contributed by atoms with van der Waals surface area (Å²) in [7, 11) is -3.16. The van der Waals surface area contributed by atoms with Gasteiger partial charge in [0.25, 0.3) is 0 Å². The summed E-state index contributed by atoms with van der Waals surface area (Å²) in [6.45, 7) is 8.97. The molecule has 0 radical (unpaired) electrons. The molecule has 2 fully saturated rings. The maximum absolute atomic E-state index is 12.9. The second kappa shape index (κ2) is 8.28. The van der Waals surface area contributed by atoms with Crippen LogP contribution in [-0.4, -0.2) is 83.3 Å². The fourth-order valence-electron chi connectivity index (χ4n) is 4.54. The van der Waals surface area contributed by atoms with Crippen molar-refractivity contribution in [2.75, 3.05) is 45.5 Å². The van der Waals surface area contributed by atoms with Gasteiger partial charge in [-0.05, 0) is 44.4 Å². The van der Waals surface area contributed by atoms with Crippen LogP contribution in [0.2, 0.25) is 0 Å². The molecule has 0 bridgehead atoms. The number of piperidine rings is 1. The van der Waals surface area contributed by atoms with Crippen molar-refractivity contribution in [1.82, 2.24) is 23.5 Å². The lowest BCUT2D eigenvalue weighted by Gasteiger charge is -2.38. The molecule has 164 valence electrons. The van der Waals surface area contributed by atoms with Gasteiger partial charge in [-0.1, -0.05) is 0 Å². The summed E-state index contributed by atoms with van der Waals surface area (Å²) < 4.78 is 27.0. The van der Waals surface area contributed by atoms with Crippen molar-refractivity contribution in [3.05, 3.63) is 35.3 Å². The van der Waals surface area contributed by atoms with Crippen LogP contribution in [-0.2, 0) is 21.4 Å². The number of carbonyl (C=O) groups is 1. The Morgan fingerprint density at radius 2 is 1.77 bits per heavy atom. The van der Waals surface area contributed by atoms with Crippen LogP contribution >= 0.6 is 0 Å². The summed E-state index contributed by atoms with van der Waals surface area (Å²) in [4.78, 5) is 22.0. The van der Waals surface area contributed by atoms with E-state index in [1.807, 2.05) is 4.90 Å². The average molecular weight is 434 g/mol. The Labute approximate surface area is 178 Å². The summed E-state index contributed by atoms with van der Waals surface area (Å²) in [5, 5.41) is 0. The molecule has 0 aliphatic carbocycles. The number of carbonyl (C=O) groups excluding carboxylic acids is 1. The predicted octanol–water partition coefficient (Wildman–Crippen LogP) is 1.27. The minimum absolute atomic E-state index is 0.0567. The van der Waals surface area contributed by atoms with E-state index in [1.54, 1.807) is 0 Å². The zero-order valence-electron chi connectivity index (χ0n) is 18.0. The highest BCUT2D eigenvalue weighted by molar-refractivity contribution is 7.88. The molecule has 2 aromatic heterocycles. The largest absolute Gasteiger partial charge is 0.340 e. The lowest BCUT2D eigenvalue weighted by atomic mass is 9.96. The Morgan fingerprint density at radius 1 is 1.10 bits per heavy atom. The number of piperazine rings is 1.